The fourth-order valence-electron chi connectivity index (χ4n) is 2.93. The molecule has 1 atom stereocenters. The number of anilines is 1. The van der Waals surface area contributed by atoms with Gasteiger partial charge in [-0.3, -0.25) is 4.90 Å². The Balaban J connectivity index is 1.80. The van der Waals surface area contributed by atoms with E-state index in [1.54, 1.807) is 0 Å². The lowest BCUT2D eigenvalue weighted by molar-refractivity contribution is 0.0563. The predicted molar refractivity (Wildman–Crippen MR) is 96.5 cm³/mol. The maximum Gasteiger partial charge on any atom is 0.415 e. The fraction of sp³-hybridized carbons (Fsp3) is 0.368. The summed E-state index contributed by atoms with van der Waals surface area (Å²) in [5.74, 6) is -1.20. The summed E-state index contributed by atoms with van der Waals surface area (Å²) in [5.41, 5.74) is 0.551. The van der Waals surface area contributed by atoms with Gasteiger partial charge in [-0.2, -0.15) is 0 Å². The van der Waals surface area contributed by atoms with Crippen molar-refractivity contribution in [1.82, 2.24) is 9.97 Å². The second-order valence-corrected chi connectivity index (χ2v) is 6.27. The number of carboxylic acid groups (broad SMARTS) is 1. The first kappa shape index (κ1) is 18.8. The van der Waals surface area contributed by atoms with Gasteiger partial charge in [0.15, 0.2) is 11.5 Å². The molecule has 0 aliphatic carbocycles. The Hall–Kier alpha value is -3.00. The molecule has 1 unspecified atom stereocenters. The highest BCUT2D eigenvalue weighted by atomic mass is 16.6. The maximum atomic E-state index is 12.8. The van der Waals surface area contributed by atoms with Crippen LogP contribution in [0, 0.1) is 5.92 Å². The van der Waals surface area contributed by atoms with Crippen molar-refractivity contribution in [3.63, 3.8) is 0 Å². The second kappa shape index (κ2) is 9.09. The summed E-state index contributed by atoms with van der Waals surface area (Å²) in [6.07, 6.45) is 3.75. The Bertz CT molecular complexity index is 778. The average Bonchev–Trinajstić information content (AvgIpc) is 2.72. The molecule has 8 heteroatoms. The van der Waals surface area contributed by atoms with Gasteiger partial charge >= 0.3 is 12.1 Å². The van der Waals surface area contributed by atoms with Crippen LogP contribution in [0.3, 0.4) is 0 Å². The molecule has 1 aromatic heterocycles. The summed E-state index contributed by atoms with van der Waals surface area (Å²) in [4.78, 5) is 33.5. The summed E-state index contributed by atoms with van der Waals surface area (Å²) in [6.45, 7) is 1.54. The molecule has 1 aliphatic rings. The fourth-order valence-corrected chi connectivity index (χ4v) is 2.93. The molecule has 1 fully saturated rings. The normalized spacial score (nSPS) is 16.5. The predicted octanol–water partition coefficient (Wildman–Crippen LogP) is 2.74. The van der Waals surface area contributed by atoms with E-state index in [2.05, 4.69) is 9.97 Å². The Morgan fingerprint density at radius 3 is 2.70 bits per heavy atom. The van der Waals surface area contributed by atoms with Crippen LogP contribution >= 0.6 is 0 Å². The van der Waals surface area contributed by atoms with Crippen LogP contribution in [0.5, 0.6) is 0 Å². The number of rotatable bonds is 6. The lowest BCUT2D eigenvalue weighted by Gasteiger charge is -2.29. The van der Waals surface area contributed by atoms with Gasteiger partial charge in [0.25, 0.3) is 0 Å². The van der Waals surface area contributed by atoms with Gasteiger partial charge < -0.3 is 14.6 Å². The first-order valence-corrected chi connectivity index (χ1v) is 8.75. The number of aromatic carboxylic acids is 1. The molecule has 1 saturated heterocycles. The molecular weight excluding hydrogens is 350 g/mol. The van der Waals surface area contributed by atoms with E-state index in [1.807, 2.05) is 30.3 Å². The first-order chi connectivity index (χ1) is 13.1. The molecule has 27 heavy (non-hydrogen) atoms. The van der Waals surface area contributed by atoms with Crippen LogP contribution in [0.15, 0.2) is 42.7 Å². The Morgan fingerprint density at radius 1 is 1.22 bits per heavy atom. The summed E-state index contributed by atoms with van der Waals surface area (Å²) in [7, 11) is 0. The molecule has 0 spiro atoms. The molecule has 0 saturated carbocycles. The molecule has 2 heterocycles. The summed E-state index contributed by atoms with van der Waals surface area (Å²) >= 11 is 0. The van der Waals surface area contributed by atoms with Gasteiger partial charge in [-0.15, -0.1) is 0 Å². The van der Waals surface area contributed by atoms with Crippen molar-refractivity contribution in [3.8, 4) is 0 Å². The van der Waals surface area contributed by atoms with Crippen LogP contribution in [0.25, 0.3) is 0 Å². The molecule has 0 bridgehead atoms. The Morgan fingerprint density at radius 2 is 2.00 bits per heavy atom. The lowest BCUT2D eigenvalue weighted by atomic mass is 10.0. The summed E-state index contributed by atoms with van der Waals surface area (Å²) < 4.78 is 10.9. The number of amides is 1. The minimum atomic E-state index is -1.25. The van der Waals surface area contributed by atoms with Crippen LogP contribution < -0.4 is 4.90 Å². The second-order valence-electron chi connectivity index (χ2n) is 6.27. The number of ether oxygens (including phenoxy) is 2. The van der Waals surface area contributed by atoms with Gasteiger partial charge in [0.1, 0.15) is 6.61 Å². The number of aromatic nitrogens is 2. The smallest absolute Gasteiger partial charge is 0.415 e. The van der Waals surface area contributed by atoms with Crippen LogP contribution in [0.1, 0.15) is 28.9 Å². The van der Waals surface area contributed by atoms with E-state index in [0.717, 1.165) is 18.4 Å². The highest BCUT2D eigenvalue weighted by Gasteiger charge is 2.29. The van der Waals surface area contributed by atoms with E-state index in [1.165, 1.54) is 17.3 Å². The minimum absolute atomic E-state index is 0.0198. The number of hydrogen-bond donors (Lipinski definition) is 1. The third-order valence-electron chi connectivity index (χ3n) is 4.26. The van der Waals surface area contributed by atoms with Crippen molar-refractivity contribution < 1.29 is 24.2 Å². The van der Waals surface area contributed by atoms with Gasteiger partial charge in [-0.05, 0) is 18.4 Å². The Labute approximate surface area is 156 Å². The summed E-state index contributed by atoms with van der Waals surface area (Å²) in [6, 6.07) is 9.27. The van der Waals surface area contributed by atoms with Gasteiger partial charge in [-0.1, -0.05) is 30.3 Å². The number of hydrogen-bond acceptors (Lipinski definition) is 6. The van der Waals surface area contributed by atoms with Crippen molar-refractivity contribution in [3.05, 3.63) is 54.0 Å². The third-order valence-corrected chi connectivity index (χ3v) is 4.26. The Kier molecular flexibility index (Phi) is 6.32. The van der Waals surface area contributed by atoms with Crippen molar-refractivity contribution in [1.29, 1.82) is 0 Å². The van der Waals surface area contributed by atoms with E-state index in [4.69, 9.17) is 9.47 Å². The quantitative estimate of drug-likeness (QED) is 0.833. The number of nitrogens with zero attached hydrogens (tertiary/aromatic N) is 3. The first-order valence-electron chi connectivity index (χ1n) is 8.75. The van der Waals surface area contributed by atoms with Gasteiger partial charge in [0.2, 0.25) is 0 Å². The number of carboxylic acids is 1. The molecule has 0 radical (unpaired) electrons. The molecule has 3 rings (SSSR count). The van der Waals surface area contributed by atoms with Crippen LogP contribution in [-0.4, -0.2) is 46.9 Å². The zero-order valence-corrected chi connectivity index (χ0v) is 14.8. The van der Waals surface area contributed by atoms with E-state index < -0.39 is 12.1 Å². The number of carbonyl (C=O) groups is 2. The van der Waals surface area contributed by atoms with E-state index in [9.17, 15) is 14.7 Å². The van der Waals surface area contributed by atoms with Crippen molar-refractivity contribution in [2.75, 3.05) is 24.7 Å². The van der Waals surface area contributed by atoms with Crippen LogP contribution in [-0.2, 0) is 16.1 Å². The van der Waals surface area contributed by atoms with E-state index >= 15 is 0 Å². The minimum Gasteiger partial charge on any atom is -0.476 e. The van der Waals surface area contributed by atoms with Gasteiger partial charge in [0, 0.05) is 31.5 Å². The van der Waals surface area contributed by atoms with Crippen molar-refractivity contribution in [2.45, 2.75) is 19.4 Å². The number of carbonyl (C=O) groups excluding carboxylic acids is 1. The molecular formula is C19H21N3O5. The summed E-state index contributed by atoms with van der Waals surface area (Å²) in [5, 5.41) is 9.40. The molecule has 1 amide bonds. The zero-order valence-electron chi connectivity index (χ0n) is 14.8. The molecule has 1 N–H and O–H groups in total. The maximum absolute atomic E-state index is 12.8. The van der Waals surface area contributed by atoms with Gasteiger partial charge in [-0.25, -0.2) is 19.6 Å². The molecule has 1 aliphatic heterocycles. The van der Waals surface area contributed by atoms with Gasteiger partial charge in [0.05, 0.1) is 6.61 Å². The van der Waals surface area contributed by atoms with E-state index in [-0.39, 0.29) is 30.6 Å². The van der Waals surface area contributed by atoms with E-state index in [0.29, 0.717) is 13.2 Å². The average molecular weight is 371 g/mol. The zero-order chi connectivity index (χ0) is 19.1. The largest absolute Gasteiger partial charge is 0.476 e. The molecule has 2 aromatic rings. The molecule has 142 valence electrons. The highest BCUT2D eigenvalue weighted by Crippen LogP contribution is 2.22. The number of benzene rings is 1. The lowest BCUT2D eigenvalue weighted by Crippen LogP contribution is -2.40. The van der Waals surface area contributed by atoms with Crippen molar-refractivity contribution >= 4 is 17.9 Å². The van der Waals surface area contributed by atoms with Crippen LogP contribution in [0.4, 0.5) is 10.6 Å². The molecule has 1 aromatic carbocycles. The molecule has 8 nitrogen and oxygen atoms in total. The SMILES string of the molecule is O=C(O)c1nccnc1N(CC1CCCOC1)C(=O)OCc1ccccc1. The monoisotopic (exact) mass is 371 g/mol. The van der Waals surface area contributed by atoms with Crippen molar-refractivity contribution in [2.24, 2.45) is 5.92 Å². The van der Waals surface area contributed by atoms with Crippen LogP contribution in [0.2, 0.25) is 0 Å². The topological polar surface area (TPSA) is 102 Å². The standard InChI is InChI=1S/C19H21N3O5/c23-18(24)16-17(21-9-8-20-16)22(11-15-7-4-10-26-12-15)19(25)27-13-14-5-2-1-3-6-14/h1-3,5-6,8-9,15H,4,7,10-13H2,(H,23,24). The highest BCUT2D eigenvalue weighted by molar-refractivity contribution is 5.96. The third kappa shape index (κ3) is 5.01.